The largest absolute Gasteiger partial charge is 0.400 e. The van der Waals surface area contributed by atoms with E-state index in [4.69, 9.17) is 20.5 Å². The van der Waals surface area contributed by atoms with Crippen molar-refractivity contribution in [2.24, 2.45) is 0 Å². The van der Waals surface area contributed by atoms with Crippen LogP contribution in [0.2, 0.25) is 5.02 Å². The number of benzene rings is 1. The van der Waals surface area contributed by atoms with Crippen molar-refractivity contribution in [2.75, 3.05) is 11.9 Å². The van der Waals surface area contributed by atoms with E-state index >= 15 is 0 Å². The van der Waals surface area contributed by atoms with Crippen LogP contribution in [0.1, 0.15) is 12.8 Å². The summed E-state index contributed by atoms with van der Waals surface area (Å²) in [6.07, 6.45) is 2.34. The minimum absolute atomic E-state index is 0.0462. The molecular formula is C16H14ClN5O5S. The summed E-state index contributed by atoms with van der Waals surface area (Å²) in [5, 5.41) is 13.9. The molecule has 1 fully saturated rings. The Labute approximate surface area is 164 Å². The van der Waals surface area contributed by atoms with Gasteiger partial charge in [0.05, 0.1) is 11.1 Å². The van der Waals surface area contributed by atoms with Crippen molar-refractivity contribution in [3.05, 3.63) is 41.6 Å². The first kappa shape index (κ1) is 18.6. The van der Waals surface area contributed by atoms with Crippen LogP contribution in [0.3, 0.4) is 0 Å². The van der Waals surface area contributed by atoms with Gasteiger partial charge >= 0.3 is 6.01 Å². The fourth-order valence-electron chi connectivity index (χ4n) is 2.92. The molecule has 12 heteroatoms. The van der Waals surface area contributed by atoms with Crippen LogP contribution in [0.5, 0.6) is 0 Å². The molecule has 3 aromatic rings. The number of carbonyl (C=O) groups excluding carboxylic acids is 1. The molecule has 1 amide bonds. The quantitative estimate of drug-likeness (QED) is 0.660. The summed E-state index contributed by atoms with van der Waals surface area (Å²) >= 11 is 5.82. The number of carbonyl (C=O) groups is 1. The van der Waals surface area contributed by atoms with E-state index in [2.05, 4.69) is 20.7 Å². The minimum Gasteiger partial charge on any atom is -0.400 e. The summed E-state index contributed by atoms with van der Waals surface area (Å²) < 4.78 is 37.2. The molecule has 1 aliphatic heterocycles. The van der Waals surface area contributed by atoms with E-state index in [1.165, 1.54) is 40.8 Å². The topological polar surface area (TPSA) is 131 Å². The molecule has 28 heavy (non-hydrogen) atoms. The number of amides is 1. The maximum atomic E-state index is 12.9. The average Bonchev–Trinajstić information content (AvgIpc) is 3.42. The smallest absolute Gasteiger partial charge is 0.322 e. The van der Waals surface area contributed by atoms with Gasteiger partial charge in [-0.2, -0.15) is 4.31 Å². The lowest BCUT2D eigenvalue weighted by Gasteiger charge is -2.22. The lowest BCUT2D eigenvalue weighted by atomic mass is 10.2. The zero-order valence-corrected chi connectivity index (χ0v) is 15.9. The van der Waals surface area contributed by atoms with Gasteiger partial charge in [-0.25, -0.2) is 8.42 Å². The SMILES string of the molecule is O=C(Nc1nnc(-c2ccno2)o1)C1CCCN1S(=O)(=O)c1ccc(Cl)cc1. The number of hydrogen-bond donors (Lipinski definition) is 1. The number of nitrogens with one attached hydrogen (secondary N) is 1. The predicted molar refractivity (Wildman–Crippen MR) is 96.8 cm³/mol. The molecule has 2 aromatic heterocycles. The molecule has 0 saturated carbocycles. The van der Waals surface area contributed by atoms with E-state index in [9.17, 15) is 13.2 Å². The zero-order chi connectivity index (χ0) is 19.7. The Balaban J connectivity index is 1.51. The van der Waals surface area contributed by atoms with Crippen LogP contribution in [-0.2, 0) is 14.8 Å². The molecule has 0 aliphatic carbocycles. The molecule has 0 spiro atoms. The number of rotatable bonds is 5. The van der Waals surface area contributed by atoms with Crippen LogP contribution in [-0.4, -0.2) is 46.6 Å². The first-order valence-corrected chi connectivity index (χ1v) is 10.1. The molecule has 1 aliphatic rings. The van der Waals surface area contributed by atoms with Gasteiger partial charge in [0.25, 0.3) is 5.89 Å². The van der Waals surface area contributed by atoms with E-state index < -0.39 is 22.0 Å². The normalized spacial score (nSPS) is 17.7. The predicted octanol–water partition coefficient (Wildman–Crippen LogP) is 2.17. The Hall–Kier alpha value is -2.76. The number of hydrogen-bond acceptors (Lipinski definition) is 8. The average molecular weight is 424 g/mol. The highest BCUT2D eigenvalue weighted by atomic mass is 35.5. The lowest BCUT2D eigenvalue weighted by molar-refractivity contribution is -0.119. The van der Waals surface area contributed by atoms with Gasteiger partial charge in [-0.3, -0.25) is 10.1 Å². The van der Waals surface area contributed by atoms with E-state index in [0.717, 1.165) is 0 Å². The van der Waals surface area contributed by atoms with E-state index in [-0.39, 0.29) is 29.1 Å². The van der Waals surface area contributed by atoms with Crippen molar-refractivity contribution in [3.63, 3.8) is 0 Å². The van der Waals surface area contributed by atoms with Crippen LogP contribution < -0.4 is 5.32 Å². The van der Waals surface area contributed by atoms with Gasteiger partial charge in [0.1, 0.15) is 6.04 Å². The lowest BCUT2D eigenvalue weighted by Crippen LogP contribution is -2.43. The van der Waals surface area contributed by atoms with Gasteiger partial charge in [-0.15, -0.1) is 5.10 Å². The highest BCUT2D eigenvalue weighted by Gasteiger charge is 2.39. The summed E-state index contributed by atoms with van der Waals surface area (Å²) in [5.41, 5.74) is 0. The standard InChI is InChI=1S/C16H14ClN5O5S/c17-10-3-5-11(6-4-10)28(24,25)22-9-1-2-12(22)14(23)19-16-21-20-15(26-16)13-7-8-18-27-13/h3-8,12H,1-2,9H2,(H,19,21,23). The number of sulfonamides is 1. The first-order valence-electron chi connectivity index (χ1n) is 8.28. The van der Waals surface area contributed by atoms with Crippen molar-refractivity contribution in [3.8, 4) is 11.7 Å². The fraction of sp³-hybridized carbons (Fsp3) is 0.250. The molecule has 3 heterocycles. The Bertz CT molecular complexity index is 1080. The molecule has 0 radical (unpaired) electrons. The second-order valence-corrected chi connectivity index (χ2v) is 8.33. The molecule has 1 aromatic carbocycles. The van der Waals surface area contributed by atoms with Gasteiger partial charge in [0, 0.05) is 17.6 Å². The van der Waals surface area contributed by atoms with Gasteiger partial charge in [0.15, 0.2) is 0 Å². The maximum Gasteiger partial charge on any atom is 0.322 e. The molecule has 4 rings (SSSR count). The molecule has 1 saturated heterocycles. The summed E-state index contributed by atoms with van der Waals surface area (Å²) in [7, 11) is -3.85. The molecule has 146 valence electrons. The Morgan fingerprint density at radius 1 is 1.21 bits per heavy atom. The van der Waals surface area contributed by atoms with E-state index in [0.29, 0.717) is 17.9 Å². The Morgan fingerprint density at radius 3 is 2.71 bits per heavy atom. The maximum absolute atomic E-state index is 12.9. The van der Waals surface area contributed by atoms with Crippen molar-refractivity contribution in [2.45, 2.75) is 23.8 Å². The van der Waals surface area contributed by atoms with Gasteiger partial charge in [-0.1, -0.05) is 21.9 Å². The number of halogens is 1. The van der Waals surface area contributed by atoms with Crippen LogP contribution in [0, 0.1) is 0 Å². The van der Waals surface area contributed by atoms with Crippen molar-refractivity contribution in [1.82, 2.24) is 19.7 Å². The second kappa shape index (κ2) is 7.34. The van der Waals surface area contributed by atoms with Crippen LogP contribution >= 0.6 is 11.6 Å². The van der Waals surface area contributed by atoms with Gasteiger partial charge in [-0.05, 0) is 37.1 Å². The van der Waals surface area contributed by atoms with Crippen LogP contribution in [0.25, 0.3) is 11.7 Å². The first-order chi connectivity index (χ1) is 13.4. The molecule has 10 nitrogen and oxygen atoms in total. The summed E-state index contributed by atoms with van der Waals surface area (Å²) in [6.45, 7) is 0.232. The molecule has 1 N–H and O–H groups in total. The van der Waals surface area contributed by atoms with Gasteiger partial charge in [0.2, 0.25) is 21.7 Å². The number of nitrogens with zero attached hydrogens (tertiary/aromatic N) is 4. The third-order valence-electron chi connectivity index (χ3n) is 4.23. The van der Waals surface area contributed by atoms with Crippen LogP contribution in [0.4, 0.5) is 6.01 Å². The number of aromatic nitrogens is 3. The Kier molecular flexibility index (Phi) is 4.87. The summed E-state index contributed by atoms with van der Waals surface area (Å²) in [6, 6.07) is 6.27. The van der Waals surface area contributed by atoms with Crippen molar-refractivity contribution >= 4 is 33.5 Å². The van der Waals surface area contributed by atoms with Crippen molar-refractivity contribution < 1.29 is 22.2 Å². The summed E-state index contributed by atoms with van der Waals surface area (Å²) in [5.74, 6) is -0.256. The number of anilines is 1. The third kappa shape index (κ3) is 3.51. The van der Waals surface area contributed by atoms with Crippen LogP contribution in [0.15, 0.2) is 50.4 Å². The van der Waals surface area contributed by atoms with E-state index in [1.807, 2.05) is 0 Å². The molecule has 1 unspecified atom stereocenters. The zero-order valence-electron chi connectivity index (χ0n) is 14.3. The summed E-state index contributed by atoms with van der Waals surface area (Å²) in [4.78, 5) is 12.7. The highest BCUT2D eigenvalue weighted by molar-refractivity contribution is 7.89. The second-order valence-electron chi connectivity index (χ2n) is 6.01. The fourth-order valence-corrected chi connectivity index (χ4v) is 4.70. The molecule has 1 atom stereocenters. The van der Waals surface area contributed by atoms with Crippen molar-refractivity contribution in [1.29, 1.82) is 0 Å². The Morgan fingerprint density at radius 2 is 2.00 bits per heavy atom. The third-order valence-corrected chi connectivity index (χ3v) is 6.40. The monoisotopic (exact) mass is 423 g/mol. The van der Waals surface area contributed by atoms with E-state index in [1.54, 1.807) is 0 Å². The minimum atomic E-state index is -3.85. The molecular weight excluding hydrogens is 410 g/mol. The highest BCUT2D eigenvalue weighted by Crippen LogP contribution is 2.28. The van der Waals surface area contributed by atoms with Gasteiger partial charge < -0.3 is 8.94 Å². The molecule has 0 bridgehead atoms.